The van der Waals surface area contributed by atoms with Gasteiger partial charge in [0.15, 0.2) is 0 Å². The van der Waals surface area contributed by atoms with E-state index in [1.165, 1.54) is 11.3 Å². The lowest BCUT2D eigenvalue weighted by Crippen LogP contribution is -2.46. The van der Waals surface area contributed by atoms with E-state index in [1.54, 1.807) is 0 Å². The Bertz CT molecular complexity index is 875. The molecule has 0 aliphatic carbocycles. The largest absolute Gasteiger partial charge is 0.469 e. The Labute approximate surface area is 168 Å². The number of aromatic nitrogens is 4. The molecule has 0 saturated carbocycles. The molecule has 4 rings (SSSR count). The average molecular weight is 401 g/mol. The molecule has 3 aromatic rings. The summed E-state index contributed by atoms with van der Waals surface area (Å²) in [7, 11) is 0. The number of nitrogens with zero attached hydrogens (tertiary/aromatic N) is 6. The van der Waals surface area contributed by atoms with Gasteiger partial charge < -0.3 is 9.26 Å². The highest BCUT2D eigenvalue weighted by Crippen LogP contribution is 2.24. The van der Waals surface area contributed by atoms with Gasteiger partial charge in [-0.2, -0.15) is 4.98 Å². The maximum Gasteiger partial charge on any atom is 0.294 e. The number of piperazine rings is 1. The third-order valence-corrected chi connectivity index (χ3v) is 5.68. The van der Waals surface area contributed by atoms with Gasteiger partial charge in [-0.3, -0.25) is 9.80 Å². The van der Waals surface area contributed by atoms with Crippen molar-refractivity contribution in [3.63, 3.8) is 0 Å². The van der Waals surface area contributed by atoms with Crippen molar-refractivity contribution in [1.82, 2.24) is 30.1 Å². The SMILES string of the molecule is CCOc1nnc(CN2CCN(C(C)c3nc(-c4ccccc4)no3)CC2)s1. The first kappa shape index (κ1) is 19.0. The lowest BCUT2D eigenvalue weighted by atomic mass is 10.2. The van der Waals surface area contributed by atoms with E-state index in [1.807, 2.05) is 37.3 Å². The highest BCUT2D eigenvalue weighted by atomic mass is 32.1. The smallest absolute Gasteiger partial charge is 0.294 e. The van der Waals surface area contributed by atoms with Gasteiger partial charge in [-0.05, 0) is 13.8 Å². The molecule has 0 bridgehead atoms. The van der Waals surface area contributed by atoms with Crippen LogP contribution >= 0.6 is 11.3 Å². The van der Waals surface area contributed by atoms with E-state index >= 15 is 0 Å². The Morgan fingerprint density at radius 1 is 1.14 bits per heavy atom. The van der Waals surface area contributed by atoms with Gasteiger partial charge in [-0.25, -0.2) is 0 Å². The zero-order chi connectivity index (χ0) is 19.3. The maximum absolute atomic E-state index is 5.54. The van der Waals surface area contributed by atoms with Crippen LogP contribution in [-0.2, 0) is 6.54 Å². The minimum atomic E-state index is 0.0956. The molecule has 0 spiro atoms. The van der Waals surface area contributed by atoms with Crippen LogP contribution in [0, 0.1) is 0 Å². The first-order valence-electron chi connectivity index (χ1n) is 9.53. The molecule has 1 aliphatic heterocycles. The van der Waals surface area contributed by atoms with Crippen LogP contribution in [-0.4, -0.2) is 62.9 Å². The first-order chi connectivity index (χ1) is 13.7. The van der Waals surface area contributed by atoms with E-state index < -0.39 is 0 Å². The van der Waals surface area contributed by atoms with E-state index in [0.717, 1.165) is 43.3 Å². The van der Waals surface area contributed by atoms with Crippen LogP contribution in [0.3, 0.4) is 0 Å². The summed E-state index contributed by atoms with van der Waals surface area (Å²) in [6, 6.07) is 10.0. The third-order valence-electron chi connectivity index (χ3n) is 4.86. The van der Waals surface area contributed by atoms with Crippen LogP contribution in [0.1, 0.15) is 30.8 Å². The number of hydrogen-bond acceptors (Lipinski definition) is 9. The van der Waals surface area contributed by atoms with Gasteiger partial charge in [0.2, 0.25) is 11.7 Å². The molecule has 8 nitrogen and oxygen atoms in total. The highest BCUT2D eigenvalue weighted by Gasteiger charge is 2.26. The van der Waals surface area contributed by atoms with Crippen LogP contribution in [0.25, 0.3) is 11.4 Å². The molecule has 0 N–H and O–H groups in total. The van der Waals surface area contributed by atoms with E-state index in [9.17, 15) is 0 Å². The minimum absolute atomic E-state index is 0.0956. The fourth-order valence-electron chi connectivity index (χ4n) is 3.25. The van der Waals surface area contributed by atoms with Crippen molar-refractivity contribution >= 4 is 11.3 Å². The second kappa shape index (κ2) is 8.76. The predicted molar refractivity (Wildman–Crippen MR) is 106 cm³/mol. The van der Waals surface area contributed by atoms with E-state index in [2.05, 4.69) is 37.1 Å². The average Bonchev–Trinajstić information content (AvgIpc) is 3.39. The van der Waals surface area contributed by atoms with Crippen molar-refractivity contribution in [2.75, 3.05) is 32.8 Å². The van der Waals surface area contributed by atoms with Gasteiger partial charge in [0, 0.05) is 31.7 Å². The molecule has 0 radical (unpaired) electrons. The molecule has 9 heteroatoms. The molecule has 1 unspecified atom stereocenters. The quantitative estimate of drug-likeness (QED) is 0.599. The molecule has 3 heterocycles. The van der Waals surface area contributed by atoms with E-state index in [4.69, 9.17) is 9.26 Å². The standard InChI is InChI=1S/C19H24N6O2S/c1-3-26-19-22-21-16(28-19)13-24-9-11-25(12-10-24)14(2)18-20-17(23-27-18)15-7-5-4-6-8-15/h4-8,14H,3,9-13H2,1-2H3. The van der Waals surface area contributed by atoms with Crippen LogP contribution in [0.15, 0.2) is 34.9 Å². The lowest BCUT2D eigenvalue weighted by molar-refractivity contribution is 0.0844. The van der Waals surface area contributed by atoms with Crippen molar-refractivity contribution in [2.24, 2.45) is 0 Å². The molecule has 28 heavy (non-hydrogen) atoms. The number of ether oxygens (including phenoxy) is 1. The van der Waals surface area contributed by atoms with Gasteiger partial charge in [0.25, 0.3) is 5.19 Å². The summed E-state index contributed by atoms with van der Waals surface area (Å²) in [4.78, 5) is 9.37. The Balaban J connectivity index is 1.31. The molecule has 1 saturated heterocycles. The summed E-state index contributed by atoms with van der Waals surface area (Å²) < 4.78 is 10.9. The number of rotatable bonds is 7. The van der Waals surface area contributed by atoms with Crippen molar-refractivity contribution in [3.05, 3.63) is 41.2 Å². The summed E-state index contributed by atoms with van der Waals surface area (Å²) in [6.45, 7) is 9.33. The van der Waals surface area contributed by atoms with Crippen LogP contribution < -0.4 is 4.74 Å². The summed E-state index contributed by atoms with van der Waals surface area (Å²) in [6.07, 6.45) is 0. The lowest BCUT2D eigenvalue weighted by Gasteiger charge is -2.36. The van der Waals surface area contributed by atoms with Crippen LogP contribution in [0.4, 0.5) is 0 Å². The Kier molecular flexibility index (Phi) is 5.94. The van der Waals surface area contributed by atoms with E-state index in [-0.39, 0.29) is 6.04 Å². The fourth-order valence-corrected chi connectivity index (χ4v) is 4.04. The fraction of sp³-hybridized carbons (Fsp3) is 0.474. The molecule has 1 fully saturated rings. The Hall–Kier alpha value is -2.36. The first-order valence-corrected chi connectivity index (χ1v) is 10.3. The van der Waals surface area contributed by atoms with Crippen molar-refractivity contribution < 1.29 is 9.26 Å². The van der Waals surface area contributed by atoms with Gasteiger partial charge in [0.1, 0.15) is 5.01 Å². The van der Waals surface area contributed by atoms with Gasteiger partial charge in [-0.15, -0.1) is 10.2 Å². The molecule has 2 aromatic heterocycles. The van der Waals surface area contributed by atoms with Gasteiger partial charge >= 0.3 is 0 Å². The summed E-state index contributed by atoms with van der Waals surface area (Å²) in [5, 5.41) is 14.1. The van der Waals surface area contributed by atoms with E-state index in [0.29, 0.717) is 23.5 Å². The molecule has 1 aromatic carbocycles. The van der Waals surface area contributed by atoms with Crippen LogP contribution in [0.5, 0.6) is 5.19 Å². The predicted octanol–water partition coefficient (Wildman–Crippen LogP) is 2.87. The minimum Gasteiger partial charge on any atom is -0.469 e. The Morgan fingerprint density at radius 2 is 1.93 bits per heavy atom. The van der Waals surface area contributed by atoms with Crippen molar-refractivity contribution in [2.45, 2.75) is 26.4 Å². The zero-order valence-corrected chi connectivity index (χ0v) is 16.9. The Morgan fingerprint density at radius 3 is 2.68 bits per heavy atom. The topological polar surface area (TPSA) is 80.4 Å². The molecule has 0 amide bonds. The van der Waals surface area contributed by atoms with Crippen LogP contribution in [0.2, 0.25) is 0 Å². The molecular formula is C19H24N6O2S. The molecule has 148 valence electrons. The number of hydrogen-bond donors (Lipinski definition) is 0. The monoisotopic (exact) mass is 400 g/mol. The molecule has 1 atom stereocenters. The summed E-state index contributed by atoms with van der Waals surface area (Å²) >= 11 is 1.52. The van der Waals surface area contributed by atoms with Gasteiger partial charge in [0.05, 0.1) is 19.2 Å². The van der Waals surface area contributed by atoms with Crippen molar-refractivity contribution in [1.29, 1.82) is 0 Å². The normalized spacial score (nSPS) is 16.9. The highest BCUT2D eigenvalue weighted by molar-refractivity contribution is 7.13. The molecule has 1 aliphatic rings. The second-order valence-electron chi connectivity index (χ2n) is 6.71. The number of benzene rings is 1. The zero-order valence-electron chi connectivity index (χ0n) is 16.1. The van der Waals surface area contributed by atoms with Gasteiger partial charge in [-0.1, -0.05) is 46.8 Å². The second-order valence-corrected chi connectivity index (χ2v) is 7.73. The third kappa shape index (κ3) is 4.37. The van der Waals surface area contributed by atoms with Crippen molar-refractivity contribution in [3.8, 4) is 16.6 Å². The summed E-state index contributed by atoms with van der Waals surface area (Å²) in [5.41, 5.74) is 0.970. The maximum atomic E-state index is 5.54. The molecular weight excluding hydrogens is 376 g/mol. The summed E-state index contributed by atoms with van der Waals surface area (Å²) in [5.74, 6) is 1.31.